The minimum atomic E-state index is -4.05. The summed E-state index contributed by atoms with van der Waals surface area (Å²) in [6, 6.07) is 14.0. The molecular formula is C25H21F2NO5S. The molecule has 5 rings (SSSR count). The Balaban J connectivity index is 1.62. The summed E-state index contributed by atoms with van der Waals surface area (Å²) in [5.74, 6) is -2.88. The second-order valence-electron chi connectivity index (χ2n) is 8.66. The molecule has 1 fully saturated rings. The highest BCUT2D eigenvalue weighted by Gasteiger charge is 2.52. The Morgan fingerprint density at radius 2 is 1.88 bits per heavy atom. The molecule has 1 heterocycles. The van der Waals surface area contributed by atoms with Crippen LogP contribution in [-0.2, 0) is 14.8 Å². The van der Waals surface area contributed by atoms with Crippen molar-refractivity contribution in [1.29, 1.82) is 0 Å². The number of rotatable bonds is 5. The second kappa shape index (κ2) is 8.09. The monoisotopic (exact) mass is 485 g/mol. The molecule has 3 atom stereocenters. The molecule has 0 unspecified atom stereocenters. The third-order valence-electron chi connectivity index (χ3n) is 6.30. The molecule has 0 spiro atoms. The van der Waals surface area contributed by atoms with Crippen LogP contribution in [0.3, 0.4) is 0 Å². The first kappa shape index (κ1) is 22.3. The van der Waals surface area contributed by atoms with Crippen molar-refractivity contribution in [2.75, 3.05) is 10.8 Å². The number of hydrogen-bond acceptors (Lipinski definition) is 4. The van der Waals surface area contributed by atoms with Gasteiger partial charge in [-0.05, 0) is 66.9 Å². The van der Waals surface area contributed by atoms with Crippen molar-refractivity contribution in [3.63, 3.8) is 0 Å². The molecular weight excluding hydrogens is 464 g/mol. The third-order valence-corrected chi connectivity index (χ3v) is 8.08. The van der Waals surface area contributed by atoms with Gasteiger partial charge in [-0.25, -0.2) is 17.2 Å². The zero-order valence-electron chi connectivity index (χ0n) is 18.1. The van der Waals surface area contributed by atoms with E-state index >= 15 is 0 Å². The summed E-state index contributed by atoms with van der Waals surface area (Å²) in [6.45, 7) is 1.69. The number of sulfonamides is 1. The maximum atomic E-state index is 14.4. The van der Waals surface area contributed by atoms with Crippen molar-refractivity contribution in [2.45, 2.75) is 24.3 Å². The Bertz CT molecular complexity index is 1410. The average molecular weight is 486 g/mol. The fourth-order valence-electron chi connectivity index (χ4n) is 4.42. The molecule has 1 N–H and O–H groups in total. The Hall–Kier alpha value is -3.46. The van der Waals surface area contributed by atoms with Gasteiger partial charge in [-0.2, -0.15) is 0 Å². The van der Waals surface area contributed by atoms with E-state index in [1.54, 1.807) is 25.1 Å². The van der Waals surface area contributed by atoms with E-state index in [4.69, 9.17) is 4.74 Å². The highest BCUT2D eigenvalue weighted by atomic mass is 32.2. The summed E-state index contributed by atoms with van der Waals surface area (Å²) in [4.78, 5) is 11.5. The molecule has 176 valence electrons. The highest BCUT2D eigenvalue weighted by Crippen LogP contribution is 2.48. The number of fused-ring (bicyclic) bond motifs is 1. The summed E-state index contributed by atoms with van der Waals surface area (Å²) in [7, 11) is -4.05. The van der Waals surface area contributed by atoms with Gasteiger partial charge in [0.25, 0.3) is 10.0 Å². The smallest absolute Gasteiger partial charge is 0.306 e. The van der Waals surface area contributed by atoms with Crippen LogP contribution in [-0.4, -0.2) is 32.1 Å². The number of carboxylic acid groups (broad SMARTS) is 1. The van der Waals surface area contributed by atoms with Crippen molar-refractivity contribution >= 4 is 21.7 Å². The second-order valence-corrected chi connectivity index (χ2v) is 10.5. The highest BCUT2D eigenvalue weighted by molar-refractivity contribution is 7.92. The number of carbonyl (C=O) groups is 1. The molecule has 1 saturated carbocycles. The molecule has 2 aliphatic rings. The Morgan fingerprint density at radius 1 is 1.09 bits per heavy atom. The number of nitrogens with zero attached hydrogens (tertiary/aromatic N) is 1. The Labute approximate surface area is 195 Å². The standard InChI is InChI=1S/C25H21F2NO5S/c1-14-3-2-4-17(9-14)34(31,32)28-13-24(19-12-20(19)25(29)30)33-23-8-5-15(10-22(23)28)18-11-16(26)6-7-21(18)27/h2-11,19-20,24H,12-13H2,1H3,(H,29,30)/t19-,20-,24-/m1/s1. The number of hydrogen-bond donors (Lipinski definition) is 1. The third kappa shape index (κ3) is 3.90. The predicted molar refractivity (Wildman–Crippen MR) is 121 cm³/mol. The Morgan fingerprint density at radius 3 is 2.59 bits per heavy atom. The van der Waals surface area contributed by atoms with Gasteiger partial charge in [-0.3, -0.25) is 9.10 Å². The molecule has 3 aromatic rings. The normalized spacial score (nSPS) is 21.5. The number of carboxylic acids is 1. The lowest BCUT2D eigenvalue weighted by atomic mass is 10.0. The number of benzene rings is 3. The van der Waals surface area contributed by atoms with Crippen LogP contribution in [0.2, 0.25) is 0 Å². The van der Waals surface area contributed by atoms with E-state index in [-0.39, 0.29) is 39.9 Å². The predicted octanol–water partition coefficient (Wildman–Crippen LogP) is 4.62. The van der Waals surface area contributed by atoms with Gasteiger partial charge in [0.05, 0.1) is 23.0 Å². The van der Waals surface area contributed by atoms with Crippen LogP contribution < -0.4 is 9.04 Å². The maximum Gasteiger partial charge on any atom is 0.306 e. The van der Waals surface area contributed by atoms with Gasteiger partial charge in [0.2, 0.25) is 0 Å². The maximum absolute atomic E-state index is 14.4. The molecule has 3 aromatic carbocycles. The number of aliphatic carboxylic acids is 1. The van der Waals surface area contributed by atoms with Gasteiger partial charge >= 0.3 is 5.97 Å². The minimum Gasteiger partial charge on any atom is -0.486 e. The van der Waals surface area contributed by atoms with Crippen LogP contribution in [0.4, 0.5) is 14.5 Å². The number of aryl methyl sites for hydroxylation is 1. The zero-order valence-corrected chi connectivity index (χ0v) is 18.9. The quantitative estimate of drug-likeness (QED) is 0.570. The first-order valence-electron chi connectivity index (χ1n) is 10.7. The van der Waals surface area contributed by atoms with E-state index in [9.17, 15) is 27.1 Å². The summed E-state index contributed by atoms with van der Waals surface area (Å²) >= 11 is 0. The number of halogens is 2. The summed E-state index contributed by atoms with van der Waals surface area (Å²) in [5, 5.41) is 9.34. The van der Waals surface area contributed by atoms with Crippen molar-refractivity contribution in [1.82, 2.24) is 0 Å². The molecule has 9 heteroatoms. The van der Waals surface area contributed by atoms with Crippen LogP contribution in [0.1, 0.15) is 12.0 Å². The van der Waals surface area contributed by atoms with Crippen LogP contribution in [0.25, 0.3) is 11.1 Å². The van der Waals surface area contributed by atoms with Crippen LogP contribution >= 0.6 is 0 Å². The molecule has 1 aliphatic heterocycles. The summed E-state index contributed by atoms with van der Waals surface area (Å²) in [6.07, 6.45) is -0.245. The van der Waals surface area contributed by atoms with Crippen molar-refractivity contribution in [3.8, 4) is 16.9 Å². The molecule has 0 amide bonds. The van der Waals surface area contributed by atoms with E-state index in [2.05, 4.69) is 0 Å². The minimum absolute atomic E-state index is 0.00837. The van der Waals surface area contributed by atoms with E-state index in [1.807, 2.05) is 0 Å². The molecule has 0 saturated heterocycles. The van der Waals surface area contributed by atoms with E-state index < -0.39 is 39.6 Å². The molecule has 34 heavy (non-hydrogen) atoms. The topological polar surface area (TPSA) is 83.9 Å². The van der Waals surface area contributed by atoms with Crippen molar-refractivity contribution in [2.24, 2.45) is 11.8 Å². The number of ether oxygens (including phenoxy) is 1. The fraction of sp³-hybridized carbons (Fsp3) is 0.240. The molecule has 0 aromatic heterocycles. The molecule has 6 nitrogen and oxygen atoms in total. The van der Waals surface area contributed by atoms with Crippen molar-refractivity contribution in [3.05, 3.63) is 77.9 Å². The van der Waals surface area contributed by atoms with Gasteiger partial charge in [0, 0.05) is 11.5 Å². The van der Waals surface area contributed by atoms with Gasteiger partial charge in [0.1, 0.15) is 23.5 Å². The van der Waals surface area contributed by atoms with Gasteiger partial charge < -0.3 is 9.84 Å². The van der Waals surface area contributed by atoms with Crippen LogP contribution in [0, 0.1) is 30.4 Å². The largest absolute Gasteiger partial charge is 0.486 e. The lowest BCUT2D eigenvalue weighted by Crippen LogP contribution is -2.45. The molecule has 0 bridgehead atoms. The first-order valence-corrected chi connectivity index (χ1v) is 12.2. The average Bonchev–Trinajstić information content (AvgIpc) is 3.61. The zero-order chi connectivity index (χ0) is 24.2. The van der Waals surface area contributed by atoms with Crippen molar-refractivity contribution < 1.29 is 31.8 Å². The summed E-state index contributed by atoms with van der Waals surface area (Å²) in [5.41, 5.74) is 1.23. The Kier molecular flexibility index (Phi) is 5.31. The van der Waals surface area contributed by atoms with Gasteiger partial charge in [-0.1, -0.05) is 18.2 Å². The lowest BCUT2D eigenvalue weighted by Gasteiger charge is -2.36. The molecule has 0 radical (unpaired) electrons. The molecule has 1 aliphatic carbocycles. The summed E-state index contributed by atoms with van der Waals surface area (Å²) < 4.78 is 62.8. The van der Waals surface area contributed by atoms with Crippen LogP contribution in [0.15, 0.2) is 65.6 Å². The van der Waals surface area contributed by atoms with E-state index in [0.29, 0.717) is 6.42 Å². The van der Waals surface area contributed by atoms with Gasteiger partial charge in [-0.15, -0.1) is 0 Å². The first-order chi connectivity index (χ1) is 16.1. The number of anilines is 1. The lowest BCUT2D eigenvalue weighted by molar-refractivity contribution is -0.139. The fourth-order valence-corrected chi connectivity index (χ4v) is 6.01. The van der Waals surface area contributed by atoms with E-state index in [1.165, 1.54) is 28.6 Å². The SMILES string of the molecule is Cc1cccc(S(=O)(=O)N2C[C@H]([C@@H]3C[C@H]3C(=O)O)Oc3ccc(-c4cc(F)ccc4F)cc32)c1. The van der Waals surface area contributed by atoms with E-state index in [0.717, 1.165) is 23.8 Å². The van der Waals surface area contributed by atoms with Crippen LogP contribution in [0.5, 0.6) is 5.75 Å². The van der Waals surface area contributed by atoms with Gasteiger partial charge in [0.15, 0.2) is 0 Å².